The van der Waals surface area contributed by atoms with Crippen LogP contribution in [-0.2, 0) is 0 Å². The van der Waals surface area contributed by atoms with Gasteiger partial charge in [-0.1, -0.05) is 41.7 Å². The highest BCUT2D eigenvalue weighted by Gasteiger charge is 2.15. The summed E-state index contributed by atoms with van der Waals surface area (Å²) < 4.78 is 16.0. The van der Waals surface area contributed by atoms with Crippen LogP contribution in [0.5, 0.6) is 17.2 Å². The predicted octanol–water partition coefficient (Wildman–Crippen LogP) is 5.95. The van der Waals surface area contributed by atoms with Gasteiger partial charge in [-0.25, -0.2) is 4.98 Å². The summed E-state index contributed by atoms with van der Waals surface area (Å²) in [6.07, 6.45) is 1.70. The molecule has 7 heteroatoms. The molecule has 0 aliphatic rings. The number of ether oxygens (including phenoxy) is 3. The third-order valence-electron chi connectivity index (χ3n) is 4.83. The van der Waals surface area contributed by atoms with Crippen LogP contribution in [0.2, 0.25) is 0 Å². The van der Waals surface area contributed by atoms with Crippen LogP contribution in [0.1, 0.15) is 5.56 Å². The van der Waals surface area contributed by atoms with E-state index in [-0.39, 0.29) is 0 Å². The highest BCUT2D eigenvalue weighted by molar-refractivity contribution is 7.19. The molecule has 0 fully saturated rings. The number of hydrogen-bond donors (Lipinski definition) is 1. The van der Waals surface area contributed by atoms with Crippen LogP contribution in [0.3, 0.4) is 0 Å². The van der Waals surface area contributed by atoms with Crippen molar-refractivity contribution < 1.29 is 14.2 Å². The van der Waals surface area contributed by atoms with Crippen LogP contribution >= 0.6 is 11.3 Å². The first-order valence-corrected chi connectivity index (χ1v) is 10.7. The lowest BCUT2D eigenvalue weighted by atomic mass is 10.1. The van der Waals surface area contributed by atoms with E-state index in [2.05, 4.69) is 22.7 Å². The zero-order valence-electron chi connectivity index (χ0n) is 18.0. The van der Waals surface area contributed by atoms with E-state index >= 15 is 0 Å². The molecule has 0 saturated carbocycles. The predicted molar refractivity (Wildman–Crippen MR) is 130 cm³/mol. The maximum absolute atomic E-state index is 5.43. The summed E-state index contributed by atoms with van der Waals surface area (Å²) in [5.41, 5.74) is 6.89. The number of anilines is 1. The smallest absolute Gasteiger partial charge is 0.204 e. The molecule has 6 nitrogen and oxygen atoms in total. The van der Waals surface area contributed by atoms with Gasteiger partial charge in [-0.05, 0) is 42.0 Å². The highest BCUT2D eigenvalue weighted by atomic mass is 32.1. The third kappa shape index (κ3) is 4.73. The zero-order chi connectivity index (χ0) is 22.3. The Balaban J connectivity index is 1.63. The Bertz CT molecular complexity index is 1210. The molecule has 0 atom stereocenters. The maximum Gasteiger partial charge on any atom is 0.204 e. The Kier molecular flexibility index (Phi) is 6.67. The van der Waals surface area contributed by atoms with Crippen molar-refractivity contribution in [3.05, 3.63) is 78.4 Å². The molecule has 0 unspecified atom stereocenters. The van der Waals surface area contributed by atoms with Gasteiger partial charge < -0.3 is 14.2 Å². The molecule has 4 rings (SSSR count). The second kappa shape index (κ2) is 9.98. The Morgan fingerprint density at radius 3 is 2.22 bits per heavy atom. The topological polar surface area (TPSA) is 65.0 Å². The minimum atomic E-state index is 0.679. The van der Waals surface area contributed by atoms with Crippen LogP contribution in [-0.4, -0.2) is 32.5 Å². The standard InChI is InChI=1S/C25H23N3O3S/c1-29-20-12-9-17(10-13-20)23-24(18-7-5-4-6-8-18)32-25(27-23)28-26-16-19-11-14-21(30-2)15-22(19)31-3/h4-16H,1-3H3,(H,27,28). The number of thiazole rings is 1. The maximum atomic E-state index is 5.43. The summed E-state index contributed by atoms with van der Waals surface area (Å²) >= 11 is 1.55. The molecule has 0 aliphatic carbocycles. The minimum absolute atomic E-state index is 0.679. The molecule has 1 aromatic heterocycles. The fourth-order valence-electron chi connectivity index (χ4n) is 3.18. The van der Waals surface area contributed by atoms with Gasteiger partial charge in [0.25, 0.3) is 0 Å². The van der Waals surface area contributed by atoms with Crippen molar-refractivity contribution in [3.8, 4) is 38.9 Å². The summed E-state index contributed by atoms with van der Waals surface area (Å²) in [7, 11) is 4.90. The number of nitrogens with one attached hydrogen (secondary N) is 1. The van der Waals surface area contributed by atoms with Gasteiger partial charge in [0.05, 0.1) is 38.1 Å². The van der Waals surface area contributed by atoms with Gasteiger partial charge in [0.2, 0.25) is 5.13 Å². The molecule has 1 heterocycles. The van der Waals surface area contributed by atoms with Crippen molar-refractivity contribution in [2.45, 2.75) is 0 Å². The summed E-state index contributed by atoms with van der Waals surface area (Å²) in [5.74, 6) is 2.21. The molecule has 1 N–H and O–H groups in total. The average Bonchev–Trinajstić information content (AvgIpc) is 3.29. The monoisotopic (exact) mass is 445 g/mol. The second-order valence-corrected chi connectivity index (χ2v) is 7.77. The van der Waals surface area contributed by atoms with E-state index in [9.17, 15) is 0 Å². The molecule has 0 amide bonds. The Labute approximate surface area is 191 Å². The molecular weight excluding hydrogens is 422 g/mol. The number of rotatable bonds is 8. The number of nitrogens with zero attached hydrogens (tertiary/aromatic N) is 2. The number of hydrogen-bond acceptors (Lipinski definition) is 7. The van der Waals surface area contributed by atoms with Gasteiger partial charge in [-0.2, -0.15) is 5.10 Å². The molecule has 32 heavy (non-hydrogen) atoms. The fourth-order valence-corrected chi connectivity index (χ4v) is 4.12. The van der Waals surface area contributed by atoms with Crippen molar-refractivity contribution in [2.75, 3.05) is 26.8 Å². The molecule has 0 aliphatic heterocycles. The van der Waals surface area contributed by atoms with E-state index in [0.29, 0.717) is 10.9 Å². The lowest BCUT2D eigenvalue weighted by molar-refractivity contribution is 0.394. The van der Waals surface area contributed by atoms with E-state index in [4.69, 9.17) is 19.2 Å². The largest absolute Gasteiger partial charge is 0.497 e. The average molecular weight is 446 g/mol. The Hall–Kier alpha value is -3.84. The number of hydrazone groups is 1. The van der Waals surface area contributed by atoms with Crippen LogP contribution in [0.15, 0.2) is 77.9 Å². The molecular formula is C25H23N3O3S. The van der Waals surface area contributed by atoms with Crippen LogP contribution in [0.25, 0.3) is 21.7 Å². The molecule has 0 saturated heterocycles. The summed E-state index contributed by atoms with van der Waals surface area (Å²) in [4.78, 5) is 5.88. The highest BCUT2D eigenvalue weighted by Crippen LogP contribution is 2.39. The molecule has 0 bridgehead atoms. The lowest BCUT2D eigenvalue weighted by Gasteiger charge is -2.06. The third-order valence-corrected chi connectivity index (χ3v) is 5.84. The van der Waals surface area contributed by atoms with Gasteiger partial charge in [0.1, 0.15) is 17.2 Å². The normalized spacial score (nSPS) is 10.8. The number of benzene rings is 3. The van der Waals surface area contributed by atoms with Gasteiger partial charge in [-0.3, -0.25) is 5.43 Å². The van der Waals surface area contributed by atoms with Gasteiger partial charge in [-0.15, -0.1) is 0 Å². The second-order valence-electron chi connectivity index (χ2n) is 6.77. The van der Waals surface area contributed by atoms with Gasteiger partial charge in [0.15, 0.2) is 0 Å². The van der Waals surface area contributed by atoms with Crippen LogP contribution < -0.4 is 19.6 Å². The number of methoxy groups -OCH3 is 3. The first-order valence-electron chi connectivity index (χ1n) is 9.93. The van der Waals surface area contributed by atoms with Crippen molar-refractivity contribution >= 4 is 22.7 Å². The lowest BCUT2D eigenvalue weighted by Crippen LogP contribution is -1.95. The molecule has 162 valence electrons. The zero-order valence-corrected chi connectivity index (χ0v) is 18.8. The molecule has 4 aromatic rings. The van der Waals surface area contributed by atoms with Crippen molar-refractivity contribution in [2.24, 2.45) is 5.10 Å². The Morgan fingerprint density at radius 1 is 0.812 bits per heavy atom. The van der Waals surface area contributed by atoms with E-state index in [0.717, 1.165) is 38.8 Å². The first kappa shape index (κ1) is 21.4. The number of aromatic nitrogens is 1. The quantitative estimate of drug-likeness (QED) is 0.268. The molecule has 0 radical (unpaired) electrons. The van der Waals surface area contributed by atoms with E-state index in [1.54, 1.807) is 38.9 Å². The van der Waals surface area contributed by atoms with E-state index in [1.807, 2.05) is 60.7 Å². The van der Waals surface area contributed by atoms with Gasteiger partial charge >= 0.3 is 0 Å². The fraction of sp³-hybridized carbons (Fsp3) is 0.120. The summed E-state index contributed by atoms with van der Waals surface area (Å²) in [6.45, 7) is 0. The summed E-state index contributed by atoms with van der Waals surface area (Å²) in [6, 6.07) is 23.7. The van der Waals surface area contributed by atoms with E-state index in [1.165, 1.54) is 0 Å². The molecule has 3 aromatic carbocycles. The van der Waals surface area contributed by atoms with Gasteiger partial charge in [0, 0.05) is 17.2 Å². The summed E-state index contributed by atoms with van der Waals surface area (Å²) in [5, 5.41) is 5.07. The Morgan fingerprint density at radius 2 is 1.53 bits per heavy atom. The van der Waals surface area contributed by atoms with Crippen LogP contribution in [0.4, 0.5) is 5.13 Å². The molecule has 0 spiro atoms. The first-order chi connectivity index (χ1) is 15.7. The van der Waals surface area contributed by atoms with Crippen molar-refractivity contribution in [1.82, 2.24) is 4.98 Å². The minimum Gasteiger partial charge on any atom is -0.497 e. The SMILES string of the molecule is COc1ccc(-c2nc(NN=Cc3ccc(OC)cc3OC)sc2-c2ccccc2)cc1. The van der Waals surface area contributed by atoms with Crippen molar-refractivity contribution in [3.63, 3.8) is 0 Å². The van der Waals surface area contributed by atoms with Crippen molar-refractivity contribution in [1.29, 1.82) is 0 Å². The van der Waals surface area contributed by atoms with E-state index < -0.39 is 0 Å². The van der Waals surface area contributed by atoms with Crippen LogP contribution in [0, 0.1) is 0 Å².